The molecule has 0 unspecified atom stereocenters. The zero-order valence-electron chi connectivity index (χ0n) is 10.6. The predicted octanol–water partition coefficient (Wildman–Crippen LogP) is 0.000900. The summed E-state index contributed by atoms with van der Waals surface area (Å²) in [7, 11) is 1.66. The molecule has 0 bridgehead atoms. The number of hydrogen-bond donors (Lipinski definition) is 3. The van der Waals surface area contributed by atoms with Crippen LogP contribution in [0, 0.1) is 0 Å². The smallest absolute Gasteiger partial charge is 0.206 e. The van der Waals surface area contributed by atoms with E-state index in [0.717, 1.165) is 0 Å². The Morgan fingerprint density at radius 2 is 2.06 bits per heavy atom. The van der Waals surface area contributed by atoms with Gasteiger partial charge in [0.2, 0.25) is 5.96 Å². The van der Waals surface area contributed by atoms with E-state index in [1.165, 1.54) is 25.7 Å². The maximum atomic E-state index is 5.41. The molecule has 0 aromatic heterocycles. The summed E-state index contributed by atoms with van der Waals surface area (Å²) in [5.74, 6) is 6.07. The molecule has 1 saturated carbocycles. The average molecular weight is 244 g/mol. The number of nitrogens with one attached hydrogen (secondary N) is 2. The van der Waals surface area contributed by atoms with Crippen LogP contribution in [0.5, 0.6) is 0 Å². The molecule has 0 amide bonds. The van der Waals surface area contributed by atoms with Gasteiger partial charge in [-0.2, -0.15) is 0 Å². The molecule has 0 radical (unpaired) electrons. The fraction of sp³-hybridized carbons (Fsp3) is 0.909. The molecular weight excluding hydrogens is 220 g/mol. The molecule has 1 fully saturated rings. The van der Waals surface area contributed by atoms with Crippen molar-refractivity contribution in [1.82, 2.24) is 10.7 Å². The standard InChI is InChI=1S/C11H24N4O2/c1-16-8-9-17-7-6-13-11(15-12)14-10-4-2-3-5-10/h10H,2-9,12H2,1H3,(H2,13,14,15). The Balaban J connectivity index is 2.10. The number of nitrogens with zero attached hydrogens (tertiary/aromatic N) is 1. The third-order valence-electron chi connectivity index (χ3n) is 2.77. The van der Waals surface area contributed by atoms with E-state index in [2.05, 4.69) is 15.7 Å². The number of rotatable bonds is 7. The summed E-state index contributed by atoms with van der Waals surface area (Å²) >= 11 is 0. The summed E-state index contributed by atoms with van der Waals surface area (Å²) in [6.07, 6.45) is 4.97. The average Bonchev–Trinajstić information content (AvgIpc) is 2.85. The molecule has 0 saturated heterocycles. The maximum absolute atomic E-state index is 5.41. The normalized spacial score (nSPS) is 17.4. The van der Waals surface area contributed by atoms with Gasteiger partial charge in [0.15, 0.2) is 0 Å². The lowest BCUT2D eigenvalue weighted by Gasteiger charge is -2.14. The lowest BCUT2D eigenvalue weighted by Crippen LogP contribution is -2.45. The number of hydrazine groups is 1. The zero-order chi connectivity index (χ0) is 12.3. The number of nitrogens with two attached hydrogens (primary N) is 1. The fourth-order valence-electron chi connectivity index (χ4n) is 1.86. The van der Waals surface area contributed by atoms with Gasteiger partial charge in [0.05, 0.1) is 26.4 Å². The Bertz CT molecular complexity index is 218. The minimum Gasteiger partial charge on any atom is -0.382 e. The molecule has 6 nitrogen and oxygen atoms in total. The predicted molar refractivity (Wildman–Crippen MR) is 67.7 cm³/mol. The summed E-state index contributed by atoms with van der Waals surface area (Å²) in [5.41, 5.74) is 2.59. The fourth-order valence-corrected chi connectivity index (χ4v) is 1.86. The first-order valence-corrected chi connectivity index (χ1v) is 6.21. The molecule has 0 aromatic rings. The van der Waals surface area contributed by atoms with Crippen LogP contribution in [0.3, 0.4) is 0 Å². The van der Waals surface area contributed by atoms with E-state index in [0.29, 0.717) is 38.4 Å². The molecule has 0 aliphatic heterocycles. The third kappa shape index (κ3) is 6.45. The minimum absolute atomic E-state index is 0.513. The quantitative estimate of drug-likeness (QED) is 0.193. The Morgan fingerprint density at radius 1 is 1.29 bits per heavy atom. The van der Waals surface area contributed by atoms with Crippen molar-refractivity contribution in [2.45, 2.75) is 31.7 Å². The largest absolute Gasteiger partial charge is 0.382 e. The first-order valence-electron chi connectivity index (χ1n) is 6.21. The Kier molecular flexibility index (Phi) is 7.70. The number of aliphatic imine (C=N–C) groups is 1. The second kappa shape index (κ2) is 9.21. The van der Waals surface area contributed by atoms with E-state index in [1.807, 2.05) is 0 Å². The van der Waals surface area contributed by atoms with Gasteiger partial charge >= 0.3 is 0 Å². The van der Waals surface area contributed by atoms with Crippen molar-refractivity contribution in [3.8, 4) is 0 Å². The highest BCUT2D eigenvalue weighted by molar-refractivity contribution is 5.79. The van der Waals surface area contributed by atoms with E-state index in [1.54, 1.807) is 7.11 Å². The molecule has 0 heterocycles. The van der Waals surface area contributed by atoms with Crippen LogP contribution in [0.4, 0.5) is 0 Å². The van der Waals surface area contributed by atoms with Gasteiger partial charge in [-0.3, -0.25) is 5.43 Å². The number of methoxy groups -OCH3 is 1. The second-order valence-corrected chi connectivity index (χ2v) is 4.11. The summed E-state index contributed by atoms with van der Waals surface area (Å²) in [6, 6.07) is 0.513. The van der Waals surface area contributed by atoms with Crippen LogP contribution in [-0.4, -0.2) is 45.5 Å². The maximum Gasteiger partial charge on any atom is 0.206 e. The van der Waals surface area contributed by atoms with Gasteiger partial charge in [0.25, 0.3) is 0 Å². The Morgan fingerprint density at radius 3 is 2.71 bits per heavy atom. The molecule has 1 rings (SSSR count). The third-order valence-corrected chi connectivity index (χ3v) is 2.77. The zero-order valence-corrected chi connectivity index (χ0v) is 10.6. The van der Waals surface area contributed by atoms with Crippen molar-refractivity contribution in [2.75, 3.05) is 33.5 Å². The van der Waals surface area contributed by atoms with Crippen LogP contribution in [0.1, 0.15) is 25.7 Å². The topological polar surface area (TPSA) is 80.9 Å². The molecular formula is C11H24N4O2. The molecule has 17 heavy (non-hydrogen) atoms. The van der Waals surface area contributed by atoms with Gasteiger partial charge < -0.3 is 14.8 Å². The molecule has 0 atom stereocenters. The van der Waals surface area contributed by atoms with E-state index in [4.69, 9.17) is 15.3 Å². The van der Waals surface area contributed by atoms with Crippen LogP contribution in [-0.2, 0) is 9.47 Å². The van der Waals surface area contributed by atoms with Gasteiger partial charge in [-0.05, 0) is 12.8 Å². The Hall–Kier alpha value is -0.850. The monoisotopic (exact) mass is 244 g/mol. The molecule has 6 heteroatoms. The lowest BCUT2D eigenvalue weighted by atomic mass is 10.2. The van der Waals surface area contributed by atoms with Crippen molar-refractivity contribution < 1.29 is 9.47 Å². The highest BCUT2D eigenvalue weighted by atomic mass is 16.5. The van der Waals surface area contributed by atoms with Gasteiger partial charge in [0.1, 0.15) is 0 Å². The summed E-state index contributed by atoms with van der Waals surface area (Å²) < 4.78 is 10.2. The van der Waals surface area contributed by atoms with Gasteiger partial charge in [-0.25, -0.2) is 10.8 Å². The first-order chi connectivity index (χ1) is 8.36. The van der Waals surface area contributed by atoms with Crippen LogP contribution in [0.2, 0.25) is 0 Å². The van der Waals surface area contributed by atoms with Crippen molar-refractivity contribution in [2.24, 2.45) is 10.8 Å². The summed E-state index contributed by atoms with van der Waals surface area (Å²) in [5, 5.41) is 3.30. The van der Waals surface area contributed by atoms with Crippen LogP contribution in [0.25, 0.3) is 0 Å². The number of hydrogen-bond acceptors (Lipinski definition) is 4. The van der Waals surface area contributed by atoms with Crippen LogP contribution in [0.15, 0.2) is 4.99 Å². The first kappa shape index (κ1) is 14.2. The number of guanidine groups is 1. The van der Waals surface area contributed by atoms with E-state index in [-0.39, 0.29) is 0 Å². The van der Waals surface area contributed by atoms with E-state index >= 15 is 0 Å². The van der Waals surface area contributed by atoms with Gasteiger partial charge in [-0.15, -0.1) is 0 Å². The highest BCUT2D eigenvalue weighted by Gasteiger charge is 2.15. The van der Waals surface area contributed by atoms with Crippen molar-refractivity contribution in [1.29, 1.82) is 0 Å². The van der Waals surface area contributed by atoms with Crippen molar-refractivity contribution >= 4 is 5.96 Å². The highest BCUT2D eigenvalue weighted by Crippen LogP contribution is 2.17. The molecule has 0 spiro atoms. The van der Waals surface area contributed by atoms with Crippen molar-refractivity contribution in [3.05, 3.63) is 0 Å². The molecule has 4 N–H and O–H groups in total. The minimum atomic E-state index is 0.513. The lowest BCUT2D eigenvalue weighted by molar-refractivity contribution is 0.0748. The molecule has 100 valence electrons. The van der Waals surface area contributed by atoms with Crippen molar-refractivity contribution in [3.63, 3.8) is 0 Å². The Labute approximate surface area is 103 Å². The van der Waals surface area contributed by atoms with E-state index < -0.39 is 0 Å². The van der Waals surface area contributed by atoms with Crippen LogP contribution < -0.4 is 16.6 Å². The molecule has 1 aliphatic rings. The molecule has 1 aliphatic carbocycles. The number of ether oxygens (including phenoxy) is 2. The van der Waals surface area contributed by atoms with Crippen LogP contribution >= 0.6 is 0 Å². The summed E-state index contributed by atoms with van der Waals surface area (Å²) in [6.45, 7) is 2.41. The summed E-state index contributed by atoms with van der Waals surface area (Å²) in [4.78, 5) is 4.31. The van der Waals surface area contributed by atoms with Gasteiger partial charge in [0, 0.05) is 13.2 Å². The van der Waals surface area contributed by atoms with Gasteiger partial charge in [-0.1, -0.05) is 12.8 Å². The second-order valence-electron chi connectivity index (χ2n) is 4.11. The van der Waals surface area contributed by atoms with E-state index in [9.17, 15) is 0 Å². The SMILES string of the molecule is COCCOCCN=C(NN)NC1CCCC1. The molecule has 0 aromatic carbocycles.